The Morgan fingerprint density at radius 3 is 2.71 bits per heavy atom. The van der Waals surface area contributed by atoms with Gasteiger partial charge >= 0.3 is 0 Å². The van der Waals surface area contributed by atoms with Gasteiger partial charge in [0, 0.05) is 12.1 Å². The van der Waals surface area contributed by atoms with Gasteiger partial charge in [-0.05, 0) is 5.56 Å². The first-order valence-electron chi connectivity index (χ1n) is 5.30. The van der Waals surface area contributed by atoms with Crippen LogP contribution >= 0.6 is 7.53 Å². The maximum atomic E-state index is 5.77. The molecule has 2 N–H and O–H groups in total. The molecule has 0 amide bonds. The van der Waals surface area contributed by atoms with Crippen molar-refractivity contribution in [1.82, 2.24) is 15.0 Å². The second-order valence-corrected chi connectivity index (χ2v) is 5.70. The summed E-state index contributed by atoms with van der Waals surface area (Å²) in [5, 5.41) is 0.997. The van der Waals surface area contributed by atoms with Crippen LogP contribution in [0.1, 0.15) is 5.56 Å². The number of anilines is 1. The summed E-state index contributed by atoms with van der Waals surface area (Å²) in [6, 6.07) is 10.4. The molecule has 5 heteroatoms. The topological polar surface area (TPSA) is 64.7 Å². The van der Waals surface area contributed by atoms with Crippen LogP contribution < -0.4 is 5.73 Å². The molecule has 0 saturated carbocycles. The highest BCUT2D eigenvalue weighted by molar-refractivity contribution is 7.54. The monoisotopic (exact) mass is 242 g/mol. The van der Waals surface area contributed by atoms with Gasteiger partial charge in [0.15, 0.2) is 5.82 Å². The SMILES string of the molecule is Nc1ncnc2c1ncp2Cc1ccccc1. The largest absolute Gasteiger partial charge is 0.382 e. The third-order valence-electron chi connectivity index (χ3n) is 2.63. The van der Waals surface area contributed by atoms with Gasteiger partial charge in [-0.2, -0.15) is 0 Å². The van der Waals surface area contributed by atoms with E-state index in [2.05, 4.69) is 27.1 Å². The fourth-order valence-electron chi connectivity index (χ4n) is 1.79. The van der Waals surface area contributed by atoms with Crippen molar-refractivity contribution in [3.05, 3.63) is 48.2 Å². The van der Waals surface area contributed by atoms with Crippen molar-refractivity contribution < 1.29 is 0 Å². The molecule has 0 fully saturated rings. The maximum absolute atomic E-state index is 5.77. The van der Waals surface area contributed by atoms with E-state index in [0.717, 1.165) is 16.9 Å². The Morgan fingerprint density at radius 2 is 1.88 bits per heavy atom. The normalized spacial score (nSPS) is 11.9. The van der Waals surface area contributed by atoms with Gasteiger partial charge in [-0.15, -0.1) is 0 Å². The lowest BCUT2D eigenvalue weighted by atomic mass is 10.2. The minimum absolute atomic E-state index is 0.476. The molecule has 2 aromatic heterocycles. The van der Waals surface area contributed by atoms with Crippen molar-refractivity contribution in [1.29, 1.82) is 0 Å². The fourth-order valence-corrected chi connectivity index (χ4v) is 3.64. The van der Waals surface area contributed by atoms with Crippen molar-refractivity contribution in [2.45, 2.75) is 6.16 Å². The van der Waals surface area contributed by atoms with E-state index in [1.807, 2.05) is 24.1 Å². The van der Waals surface area contributed by atoms with Crippen molar-refractivity contribution in [3.63, 3.8) is 0 Å². The van der Waals surface area contributed by atoms with Gasteiger partial charge in [-0.3, -0.25) is 0 Å². The van der Waals surface area contributed by atoms with Gasteiger partial charge in [-0.1, -0.05) is 37.9 Å². The predicted molar refractivity (Wildman–Crippen MR) is 70.0 cm³/mol. The predicted octanol–water partition coefficient (Wildman–Crippen LogP) is 2.64. The number of hydrogen-bond acceptors (Lipinski definition) is 4. The molecule has 4 nitrogen and oxygen atoms in total. The molecule has 1 unspecified atom stereocenters. The summed E-state index contributed by atoms with van der Waals surface area (Å²) in [6.45, 7) is 0. The minimum atomic E-state index is -0.476. The molecule has 3 rings (SSSR count). The number of nitrogens with two attached hydrogens (primary N) is 1. The lowest BCUT2D eigenvalue weighted by molar-refractivity contribution is 1.23. The van der Waals surface area contributed by atoms with E-state index in [1.165, 1.54) is 11.9 Å². The van der Waals surface area contributed by atoms with Crippen LogP contribution in [0.25, 0.3) is 10.8 Å². The van der Waals surface area contributed by atoms with Crippen molar-refractivity contribution >= 4 is 24.1 Å². The van der Waals surface area contributed by atoms with Gasteiger partial charge in [0.2, 0.25) is 0 Å². The summed E-state index contributed by atoms with van der Waals surface area (Å²) in [5.41, 5.74) is 7.83. The number of aromatic nitrogens is 3. The molecule has 0 aliphatic carbocycles. The second kappa shape index (κ2) is 4.15. The first kappa shape index (κ1) is 10.2. The van der Waals surface area contributed by atoms with E-state index in [-0.39, 0.29) is 0 Å². The fraction of sp³-hybridized carbons (Fsp3) is 0.0833. The highest BCUT2D eigenvalue weighted by Crippen LogP contribution is 2.39. The van der Waals surface area contributed by atoms with Crippen LogP contribution in [0.15, 0.2) is 42.6 Å². The van der Waals surface area contributed by atoms with Crippen molar-refractivity contribution in [2.24, 2.45) is 0 Å². The molecular formula is C12H11N4P. The van der Waals surface area contributed by atoms with E-state index in [0.29, 0.717) is 5.82 Å². The molecule has 84 valence electrons. The molecule has 0 aliphatic rings. The Balaban J connectivity index is 2.05. The van der Waals surface area contributed by atoms with Crippen LogP contribution in [0.4, 0.5) is 5.82 Å². The van der Waals surface area contributed by atoms with E-state index in [1.54, 1.807) is 0 Å². The zero-order chi connectivity index (χ0) is 11.7. The maximum Gasteiger partial charge on any atom is 0.153 e. The van der Waals surface area contributed by atoms with Gasteiger partial charge in [0.1, 0.15) is 17.1 Å². The molecule has 0 radical (unpaired) electrons. The third-order valence-corrected chi connectivity index (χ3v) is 4.60. The summed E-state index contributed by atoms with van der Waals surface area (Å²) < 4.78 is 0. The Hall–Kier alpha value is -1.93. The number of benzene rings is 1. The minimum Gasteiger partial charge on any atom is -0.382 e. The van der Waals surface area contributed by atoms with Gasteiger partial charge < -0.3 is 5.73 Å². The van der Waals surface area contributed by atoms with Crippen LogP contribution in [0.3, 0.4) is 0 Å². The summed E-state index contributed by atoms with van der Waals surface area (Å²) in [6.07, 6.45) is 2.48. The van der Waals surface area contributed by atoms with E-state index < -0.39 is 7.53 Å². The van der Waals surface area contributed by atoms with Crippen LogP contribution in [0.5, 0.6) is 0 Å². The van der Waals surface area contributed by atoms with Gasteiger partial charge in [0.05, 0.1) is 0 Å². The zero-order valence-corrected chi connectivity index (χ0v) is 10.0. The molecule has 0 saturated heterocycles. The Bertz CT molecular complexity index is 648. The first-order valence-corrected chi connectivity index (χ1v) is 6.89. The van der Waals surface area contributed by atoms with Crippen molar-refractivity contribution in [3.8, 4) is 0 Å². The molecule has 0 spiro atoms. The molecule has 2 heterocycles. The highest BCUT2D eigenvalue weighted by Gasteiger charge is 2.08. The molecule has 1 atom stereocenters. The lowest BCUT2D eigenvalue weighted by Crippen LogP contribution is -1.91. The van der Waals surface area contributed by atoms with Crippen LogP contribution in [0.2, 0.25) is 0 Å². The average molecular weight is 242 g/mol. The van der Waals surface area contributed by atoms with E-state index >= 15 is 0 Å². The molecule has 0 bridgehead atoms. The lowest BCUT2D eigenvalue weighted by Gasteiger charge is -2.00. The second-order valence-electron chi connectivity index (χ2n) is 3.79. The van der Waals surface area contributed by atoms with Crippen LogP contribution in [-0.4, -0.2) is 15.0 Å². The quantitative estimate of drug-likeness (QED) is 0.750. The number of nitrogen functional groups attached to an aromatic ring is 1. The molecular weight excluding hydrogens is 231 g/mol. The van der Waals surface area contributed by atoms with Gasteiger partial charge in [0.25, 0.3) is 0 Å². The molecule has 1 aromatic carbocycles. The third kappa shape index (κ3) is 1.87. The first-order chi connectivity index (χ1) is 8.34. The Kier molecular flexibility index (Phi) is 2.50. The smallest absolute Gasteiger partial charge is 0.153 e. The molecule has 3 aromatic rings. The van der Waals surface area contributed by atoms with Crippen LogP contribution in [-0.2, 0) is 6.16 Å². The zero-order valence-electron chi connectivity index (χ0n) is 9.11. The molecule has 17 heavy (non-hydrogen) atoms. The van der Waals surface area contributed by atoms with E-state index in [9.17, 15) is 0 Å². The van der Waals surface area contributed by atoms with E-state index in [4.69, 9.17) is 5.73 Å². The number of hydrogen-bond donors (Lipinski definition) is 1. The average Bonchev–Trinajstić information content (AvgIpc) is 2.76. The number of fused-ring (bicyclic) bond motifs is 1. The standard InChI is InChI=1S/C12H11N4P/c13-11-10-12(15-7-14-11)17(8-16-10)6-9-4-2-1-3-5-9/h1-5,7-8H,6H2,(H2,13,14,15). The van der Waals surface area contributed by atoms with Gasteiger partial charge in [-0.25, -0.2) is 15.0 Å². The number of nitrogens with zero attached hydrogens (tertiary/aromatic N) is 3. The summed E-state index contributed by atoms with van der Waals surface area (Å²) in [4.78, 5) is 12.6. The summed E-state index contributed by atoms with van der Waals surface area (Å²) in [7, 11) is -0.476. The Labute approximate surface area is 99.6 Å². The molecule has 0 aliphatic heterocycles. The van der Waals surface area contributed by atoms with Crippen LogP contribution in [0, 0.1) is 0 Å². The number of rotatable bonds is 2. The Morgan fingerprint density at radius 1 is 1.06 bits per heavy atom. The highest BCUT2D eigenvalue weighted by atomic mass is 31.1. The summed E-state index contributed by atoms with van der Waals surface area (Å²) in [5.74, 6) is 2.45. The van der Waals surface area contributed by atoms with Crippen molar-refractivity contribution in [2.75, 3.05) is 5.73 Å². The summed E-state index contributed by atoms with van der Waals surface area (Å²) >= 11 is 0.